The molecule has 0 aliphatic carbocycles. The summed E-state index contributed by atoms with van der Waals surface area (Å²) in [6.45, 7) is 2.15. The number of nitrogens with zero attached hydrogens (tertiary/aromatic N) is 6. The molecule has 244 valence electrons. The van der Waals surface area contributed by atoms with E-state index >= 15 is 0 Å². The molecule has 0 spiro atoms. The first-order valence-electron chi connectivity index (χ1n) is 12.3. The third kappa shape index (κ3) is 8.42. The predicted molar refractivity (Wildman–Crippen MR) is 149 cm³/mol. The summed E-state index contributed by atoms with van der Waals surface area (Å²) in [6, 6.07) is 6.07. The molecule has 3 aromatic rings. The fourth-order valence-corrected chi connectivity index (χ4v) is 7.36. The van der Waals surface area contributed by atoms with E-state index in [0.717, 1.165) is 0 Å². The van der Waals surface area contributed by atoms with Crippen LogP contribution in [0.3, 0.4) is 0 Å². The third-order valence-electron chi connectivity index (χ3n) is 6.12. The minimum Gasteiger partial charge on any atom is -0.456 e. The number of nitrogens with one attached hydrogen (secondary N) is 1. The summed E-state index contributed by atoms with van der Waals surface area (Å²) in [5, 5.41) is 3.71. The van der Waals surface area contributed by atoms with Crippen LogP contribution in [0.15, 0.2) is 40.5 Å². The maximum absolute atomic E-state index is 13.4. The van der Waals surface area contributed by atoms with Gasteiger partial charge < -0.3 is 34.8 Å². The molecule has 0 amide bonds. The van der Waals surface area contributed by atoms with Crippen molar-refractivity contribution in [2.24, 2.45) is 5.11 Å². The van der Waals surface area contributed by atoms with E-state index in [-0.39, 0.29) is 29.1 Å². The Labute approximate surface area is 251 Å². The van der Waals surface area contributed by atoms with E-state index in [4.69, 9.17) is 35.0 Å². The van der Waals surface area contributed by atoms with E-state index in [9.17, 15) is 33.1 Å². The molecule has 3 heterocycles. The highest BCUT2D eigenvalue weighted by molar-refractivity contribution is 7.66. The van der Waals surface area contributed by atoms with Crippen LogP contribution >= 0.6 is 23.5 Å². The average Bonchev–Trinajstić information content (AvgIpc) is 3.49. The van der Waals surface area contributed by atoms with Gasteiger partial charge in [-0.2, -0.15) is 13.6 Å². The summed E-state index contributed by atoms with van der Waals surface area (Å²) >= 11 is 0. The first-order chi connectivity index (χ1) is 20.8. The Hall–Kier alpha value is -3.48. The van der Waals surface area contributed by atoms with Crippen molar-refractivity contribution in [1.29, 1.82) is 0 Å². The molecule has 3 unspecified atom stereocenters. The zero-order valence-electron chi connectivity index (χ0n) is 23.0. The van der Waals surface area contributed by atoms with Crippen molar-refractivity contribution in [1.82, 2.24) is 19.5 Å². The molecule has 0 saturated carbocycles. The molecule has 1 aromatic carbocycles. The Morgan fingerprint density at radius 1 is 1.22 bits per heavy atom. The SMILES string of the molecule is CC(C)(N=[N+]=[N-])c1ccccc1C(=O)OC1C[C@H](n2cnc3c(=O)[nH]c(N)nc32)O[C@@H]1COP(=O)(O)OP(=O)(O)OP(=O)(O)O. The number of nitrogen functional groups attached to an aromatic ring is 1. The highest BCUT2D eigenvalue weighted by atomic mass is 31.3. The maximum atomic E-state index is 13.4. The Morgan fingerprint density at radius 3 is 2.58 bits per heavy atom. The zero-order valence-corrected chi connectivity index (χ0v) is 25.7. The number of hydrogen-bond donors (Lipinski definition) is 6. The van der Waals surface area contributed by atoms with E-state index in [0.29, 0.717) is 5.56 Å². The second-order valence-electron chi connectivity index (χ2n) is 9.76. The lowest BCUT2D eigenvalue weighted by molar-refractivity contribution is -0.0490. The smallest absolute Gasteiger partial charge is 0.456 e. The van der Waals surface area contributed by atoms with Crippen molar-refractivity contribution in [2.75, 3.05) is 12.3 Å². The summed E-state index contributed by atoms with van der Waals surface area (Å²) in [5.41, 5.74) is 12.9. The number of H-pyrrole nitrogens is 1. The molecule has 1 aliphatic heterocycles. The number of ether oxygens (including phenoxy) is 2. The molecule has 1 saturated heterocycles. The third-order valence-corrected chi connectivity index (χ3v) is 9.92. The summed E-state index contributed by atoms with van der Waals surface area (Å²) in [7, 11) is -17.0. The number of benzene rings is 1. The number of phosphoric acid groups is 3. The van der Waals surface area contributed by atoms with Crippen LogP contribution in [0, 0.1) is 0 Å². The summed E-state index contributed by atoms with van der Waals surface area (Å²) in [4.78, 5) is 75.6. The zero-order chi connectivity index (χ0) is 33.4. The van der Waals surface area contributed by atoms with Gasteiger partial charge in [0.05, 0.1) is 24.0 Å². The van der Waals surface area contributed by atoms with Crippen LogP contribution in [0.4, 0.5) is 5.95 Å². The lowest BCUT2D eigenvalue weighted by Gasteiger charge is -2.24. The van der Waals surface area contributed by atoms with Crippen LogP contribution in [0.2, 0.25) is 0 Å². The minimum atomic E-state index is -5.82. The monoisotopic (exact) mass is 694 g/mol. The standard InChI is InChI=1S/C20H25N8O14P3/c1-20(2,26-27-22)11-6-4-3-5-10(11)18(30)40-12-7-14(28-9-23-15-16(28)24-19(21)25-17(15)29)39-13(12)8-38-44(34,35)42-45(36,37)41-43(31,32)33/h3-6,9,12-14H,7-8H2,1-2H3,(H,34,35)(H,36,37)(H2,31,32,33)(H3,21,24,25,29)/t12?,13-,14-/m1/s1. The first kappa shape index (κ1) is 34.4. The van der Waals surface area contributed by atoms with Crippen LogP contribution in [-0.2, 0) is 41.9 Å². The first-order valence-corrected chi connectivity index (χ1v) is 16.9. The van der Waals surface area contributed by atoms with Crippen LogP contribution in [-0.4, -0.2) is 63.9 Å². The van der Waals surface area contributed by atoms with Crippen LogP contribution in [0.1, 0.15) is 42.4 Å². The van der Waals surface area contributed by atoms with Crippen molar-refractivity contribution < 1.29 is 60.7 Å². The molecule has 1 aliphatic rings. The predicted octanol–water partition coefficient (Wildman–Crippen LogP) is 2.10. The molecule has 5 atom stereocenters. The topological polar surface area (TPSA) is 334 Å². The molecular formula is C20H25N8O14P3. The molecular weight excluding hydrogens is 669 g/mol. The van der Waals surface area contributed by atoms with Crippen LogP contribution in [0.25, 0.3) is 21.6 Å². The van der Waals surface area contributed by atoms with Crippen LogP contribution in [0.5, 0.6) is 0 Å². The van der Waals surface area contributed by atoms with Gasteiger partial charge in [-0.05, 0) is 17.2 Å². The number of rotatable bonds is 12. The molecule has 2 aromatic heterocycles. The van der Waals surface area contributed by atoms with E-state index in [1.807, 2.05) is 0 Å². The lowest BCUT2D eigenvalue weighted by atomic mass is 9.91. The van der Waals surface area contributed by atoms with E-state index in [1.165, 1.54) is 29.1 Å². The van der Waals surface area contributed by atoms with Crippen molar-refractivity contribution in [3.05, 3.63) is 62.5 Å². The number of fused-ring (bicyclic) bond motifs is 1. The number of imidazole rings is 1. The number of aromatic nitrogens is 4. The number of carbonyl (C=O) groups is 1. The number of esters is 1. The van der Waals surface area contributed by atoms with Gasteiger partial charge in [0.15, 0.2) is 11.2 Å². The number of phosphoric ester groups is 1. The fraction of sp³-hybridized carbons (Fsp3) is 0.400. The molecule has 4 rings (SSSR count). The van der Waals surface area contributed by atoms with Crippen molar-refractivity contribution in [2.45, 2.75) is 44.2 Å². The Kier molecular flexibility index (Phi) is 9.73. The number of azide groups is 1. The number of anilines is 1. The summed E-state index contributed by atoms with van der Waals surface area (Å²) in [6.07, 6.45) is -2.83. The summed E-state index contributed by atoms with van der Waals surface area (Å²) in [5.74, 6) is -1.18. The largest absolute Gasteiger partial charge is 0.490 e. The number of nitrogens with two attached hydrogens (primary N) is 1. The van der Waals surface area contributed by atoms with Gasteiger partial charge in [0.1, 0.15) is 18.4 Å². The second kappa shape index (κ2) is 12.7. The number of aromatic amines is 1. The molecule has 0 radical (unpaired) electrons. The molecule has 22 nitrogen and oxygen atoms in total. The minimum absolute atomic E-state index is 0.000888. The van der Waals surface area contributed by atoms with E-state index in [1.54, 1.807) is 19.9 Å². The Balaban J connectivity index is 1.63. The fourth-order valence-electron chi connectivity index (χ4n) is 4.33. The average molecular weight is 694 g/mol. The Morgan fingerprint density at radius 2 is 1.91 bits per heavy atom. The van der Waals surface area contributed by atoms with Gasteiger partial charge in [-0.25, -0.2) is 23.5 Å². The number of carbonyl (C=O) groups excluding carboxylic acids is 1. The molecule has 1 fully saturated rings. The van der Waals surface area contributed by atoms with Gasteiger partial charge in [-0.3, -0.25) is 18.9 Å². The van der Waals surface area contributed by atoms with Gasteiger partial charge >= 0.3 is 29.4 Å². The maximum Gasteiger partial charge on any atom is 0.490 e. The Bertz CT molecular complexity index is 1870. The lowest BCUT2D eigenvalue weighted by Crippen LogP contribution is -2.32. The highest BCUT2D eigenvalue weighted by Gasteiger charge is 2.45. The second-order valence-corrected chi connectivity index (χ2v) is 14.2. The van der Waals surface area contributed by atoms with Crippen molar-refractivity contribution in [3.63, 3.8) is 0 Å². The van der Waals surface area contributed by atoms with E-state index < -0.39 is 65.6 Å². The van der Waals surface area contributed by atoms with Gasteiger partial charge in [0.25, 0.3) is 5.56 Å². The van der Waals surface area contributed by atoms with E-state index in [2.05, 4.69) is 33.6 Å². The molecule has 45 heavy (non-hydrogen) atoms. The summed E-state index contributed by atoms with van der Waals surface area (Å²) < 4.78 is 60.0. The quantitative estimate of drug-likeness (QED) is 0.0519. The van der Waals surface area contributed by atoms with Gasteiger partial charge in [0.2, 0.25) is 5.95 Å². The normalized spacial score (nSPS) is 21.5. The van der Waals surface area contributed by atoms with Gasteiger partial charge in [0, 0.05) is 11.3 Å². The van der Waals surface area contributed by atoms with Crippen molar-refractivity contribution in [3.8, 4) is 0 Å². The molecule has 7 N–H and O–H groups in total. The molecule has 25 heteroatoms. The number of hydrogen-bond acceptors (Lipinski definition) is 14. The van der Waals surface area contributed by atoms with Gasteiger partial charge in [-0.1, -0.05) is 37.2 Å². The van der Waals surface area contributed by atoms with Crippen molar-refractivity contribution >= 4 is 46.5 Å². The van der Waals surface area contributed by atoms with Crippen LogP contribution < -0.4 is 11.3 Å². The van der Waals surface area contributed by atoms with Gasteiger partial charge in [-0.15, -0.1) is 0 Å². The highest BCUT2D eigenvalue weighted by Crippen LogP contribution is 2.66. The molecule has 0 bridgehead atoms.